The minimum Gasteiger partial charge on any atom is -0.364 e. The van der Waals surface area contributed by atoms with E-state index in [1.807, 2.05) is 23.1 Å². The summed E-state index contributed by atoms with van der Waals surface area (Å²) in [6, 6.07) is 14.1. The van der Waals surface area contributed by atoms with Crippen LogP contribution in [0, 0.1) is 0 Å². The Balaban J connectivity index is 2.14. The number of nitrogens with zero attached hydrogens (tertiary/aromatic N) is 1. The molecule has 4 N–H and O–H groups in total. The fourth-order valence-corrected chi connectivity index (χ4v) is 2.49. The molecule has 0 saturated carbocycles. The summed E-state index contributed by atoms with van der Waals surface area (Å²) in [7, 11) is 0. The van der Waals surface area contributed by atoms with Crippen LogP contribution in [-0.4, -0.2) is 32.8 Å². The Hall–Kier alpha value is -1.96. The first-order chi connectivity index (χ1) is 11.5. The quantitative estimate of drug-likeness (QED) is 0.347. The van der Waals surface area contributed by atoms with E-state index >= 15 is 0 Å². The van der Waals surface area contributed by atoms with Crippen LogP contribution in [0.3, 0.4) is 0 Å². The predicted molar refractivity (Wildman–Crippen MR) is 89.1 cm³/mol. The molecule has 0 bridgehead atoms. The van der Waals surface area contributed by atoms with Crippen LogP contribution >= 0.6 is 11.6 Å². The van der Waals surface area contributed by atoms with Crippen molar-refractivity contribution in [1.29, 1.82) is 0 Å². The van der Waals surface area contributed by atoms with E-state index in [2.05, 4.69) is 0 Å². The molecule has 2 aromatic carbocycles. The third kappa shape index (κ3) is 5.59. The average molecular weight is 351 g/mol. The number of aliphatic hydroxyl groups excluding tert-OH is 1. The van der Waals surface area contributed by atoms with Gasteiger partial charge in [0, 0.05) is 23.7 Å². The lowest BCUT2D eigenvalue weighted by molar-refractivity contribution is -0.130. The molecule has 0 aliphatic carbocycles. The lowest BCUT2D eigenvalue weighted by atomic mass is 10.1. The van der Waals surface area contributed by atoms with Gasteiger partial charge in [-0.2, -0.15) is 0 Å². The van der Waals surface area contributed by atoms with Gasteiger partial charge >= 0.3 is 0 Å². The number of benzene rings is 2. The van der Waals surface area contributed by atoms with Gasteiger partial charge in [0.15, 0.2) is 6.29 Å². The van der Waals surface area contributed by atoms with E-state index < -0.39 is 12.2 Å². The van der Waals surface area contributed by atoms with Gasteiger partial charge in [-0.15, -0.1) is 0 Å². The smallest absolute Gasteiger partial charge is 0.257 e. The summed E-state index contributed by atoms with van der Waals surface area (Å²) >= 11 is 5.87. The van der Waals surface area contributed by atoms with Crippen LogP contribution in [0.25, 0.3) is 0 Å². The number of hydroxylamine groups is 1. The van der Waals surface area contributed by atoms with E-state index in [0.717, 1.165) is 11.1 Å². The molecular formula is C17H19ClN2O4. The molecule has 0 radical (unpaired) electrons. The van der Waals surface area contributed by atoms with Crippen molar-refractivity contribution in [2.45, 2.75) is 19.4 Å². The van der Waals surface area contributed by atoms with E-state index in [0.29, 0.717) is 23.7 Å². The first-order valence-electron chi connectivity index (χ1n) is 7.32. The number of amides is 1. The van der Waals surface area contributed by atoms with E-state index in [9.17, 15) is 15.0 Å². The van der Waals surface area contributed by atoms with Crippen molar-refractivity contribution in [1.82, 2.24) is 10.4 Å². The molecule has 6 nitrogen and oxygen atoms in total. The van der Waals surface area contributed by atoms with E-state index in [-0.39, 0.29) is 6.54 Å². The Kier molecular flexibility index (Phi) is 6.72. The minimum atomic E-state index is -1.55. The zero-order valence-electron chi connectivity index (χ0n) is 12.9. The fraction of sp³-hybridized carbons (Fsp3) is 0.235. The SMILES string of the molecule is O=C(CN(Cc1ccc(Cl)cc1)Cc1cccc(C(O)O)c1)NO. The molecule has 0 fully saturated rings. The molecule has 0 aliphatic heterocycles. The summed E-state index contributed by atoms with van der Waals surface area (Å²) in [6.07, 6.45) is -1.55. The van der Waals surface area contributed by atoms with Gasteiger partial charge in [0.2, 0.25) is 0 Å². The van der Waals surface area contributed by atoms with Crippen molar-refractivity contribution >= 4 is 17.5 Å². The van der Waals surface area contributed by atoms with Crippen LogP contribution in [0.1, 0.15) is 23.0 Å². The number of nitrogens with one attached hydrogen (secondary N) is 1. The van der Waals surface area contributed by atoms with Crippen molar-refractivity contribution in [3.05, 3.63) is 70.2 Å². The second-order valence-corrected chi connectivity index (χ2v) is 5.86. The van der Waals surface area contributed by atoms with Crippen LogP contribution in [0.5, 0.6) is 0 Å². The first-order valence-corrected chi connectivity index (χ1v) is 7.70. The lowest BCUT2D eigenvalue weighted by Gasteiger charge is -2.22. The number of halogens is 1. The third-order valence-corrected chi connectivity index (χ3v) is 3.72. The summed E-state index contributed by atoms with van der Waals surface area (Å²) in [4.78, 5) is 13.3. The zero-order chi connectivity index (χ0) is 17.5. The van der Waals surface area contributed by atoms with Crippen LogP contribution in [0.2, 0.25) is 5.02 Å². The molecule has 0 unspecified atom stereocenters. The Labute approximate surface area is 144 Å². The zero-order valence-corrected chi connectivity index (χ0v) is 13.6. The predicted octanol–water partition coefficient (Wildman–Crippen LogP) is 1.83. The lowest BCUT2D eigenvalue weighted by Crippen LogP contribution is -2.35. The topological polar surface area (TPSA) is 93.0 Å². The highest BCUT2D eigenvalue weighted by Crippen LogP contribution is 2.16. The maximum absolute atomic E-state index is 11.5. The highest BCUT2D eigenvalue weighted by Gasteiger charge is 2.13. The molecule has 0 spiro atoms. The summed E-state index contributed by atoms with van der Waals surface area (Å²) < 4.78 is 0. The number of carbonyl (C=O) groups excluding carboxylic acids is 1. The molecule has 2 rings (SSSR count). The molecule has 24 heavy (non-hydrogen) atoms. The molecular weight excluding hydrogens is 332 g/mol. The normalized spacial score (nSPS) is 11.1. The monoisotopic (exact) mass is 350 g/mol. The third-order valence-electron chi connectivity index (χ3n) is 3.47. The molecule has 7 heteroatoms. The van der Waals surface area contributed by atoms with Gasteiger partial charge in [0.25, 0.3) is 5.91 Å². The summed E-state index contributed by atoms with van der Waals surface area (Å²) in [6.45, 7) is 0.859. The summed E-state index contributed by atoms with van der Waals surface area (Å²) in [5, 5.41) is 27.9. The first kappa shape index (κ1) is 18.4. The number of hydrogen-bond donors (Lipinski definition) is 4. The largest absolute Gasteiger partial charge is 0.364 e. The number of rotatable bonds is 7. The van der Waals surface area contributed by atoms with Gasteiger partial charge in [0.05, 0.1) is 6.54 Å². The van der Waals surface area contributed by atoms with Crippen LogP contribution in [0.15, 0.2) is 48.5 Å². The number of aliphatic hydroxyl groups is 2. The maximum Gasteiger partial charge on any atom is 0.257 e. The highest BCUT2D eigenvalue weighted by atomic mass is 35.5. The Morgan fingerprint density at radius 2 is 1.75 bits per heavy atom. The van der Waals surface area contributed by atoms with Gasteiger partial charge in [-0.3, -0.25) is 14.9 Å². The highest BCUT2D eigenvalue weighted by molar-refractivity contribution is 6.30. The van der Waals surface area contributed by atoms with Crippen LogP contribution in [-0.2, 0) is 17.9 Å². The Morgan fingerprint density at radius 3 is 2.38 bits per heavy atom. The van der Waals surface area contributed by atoms with E-state index in [4.69, 9.17) is 16.8 Å². The Morgan fingerprint density at radius 1 is 1.08 bits per heavy atom. The molecule has 0 heterocycles. The molecule has 0 saturated heterocycles. The van der Waals surface area contributed by atoms with Crippen LogP contribution in [0.4, 0.5) is 0 Å². The molecule has 128 valence electrons. The maximum atomic E-state index is 11.5. The van der Waals surface area contributed by atoms with Crippen molar-refractivity contribution in [3.8, 4) is 0 Å². The van der Waals surface area contributed by atoms with Crippen molar-refractivity contribution < 1.29 is 20.2 Å². The minimum absolute atomic E-state index is 0.00890. The van der Waals surface area contributed by atoms with Crippen LogP contribution < -0.4 is 5.48 Å². The average Bonchev–Trinajstić information content (AvgIpc) is 2.57. The van der Waals surface area contributed by atoms with Crippen molar-refractivity contribution in [2.24, 2.45) is 0 Å². The second kappa shape index (κ2) is 8.77. The fourth-order valence-electron chi connectivity index (χ4n) is 2.36. The standard InChI is InChI=1S/C17H19ClN2O4/c18-15-6-4-12(5-7-15)9-20(11-16(21)19-24)10-13-2-1-3-14(8-13)17(22)23/h1-8,17,22-24H,9-11H2,(H,19,21). The van der Waals surface area contributed by atoms with Crippen molar-refractivity contribution in [3.63, 3.8) is 0 Å². The molecule has 2 aromatic rings. The molecule has 0 atom stereocenters. The number of hydrogen-bond acceptors (Lipinski definition) is 5. The van der Waals surface area contributed by atoms with Gasteiger partial charge in [-0.25, -0.2) is 5.48 Å². The van der Waals surface area contributed by atoms with E-state index in [1.165, 1.54) is 0 Å². The van der Waals surface area contributed by atoms with Gasteiger partial charge in [-0.1, -0.05) is 41.9 Å². The molecule has 1 amide bonds. The van der Waals surface area contributed by atoms with Gasteiger partial charge < -0.3 is 10.2 Å². The van der Waals surface area contributed by atoms with Gasteiger partial charge in [-0.05, 0) is 29.3 Å². The van der Waals surface area contributed by atoms with E-state index in [1.54, 1.807) is 35.8 Å². The second-order valence-electron chi connectivity index (χ2n) is 5.43. The Bertz CT molecular complexity index is 677. The summed E-state index contributed by atoms with van der Waals surface area (Å²) in [5.74, 6) is -0.526. The number of carbonyl (C=O) groups is 1. The molecule has 0 aliphatic rings. The van der Waals surface area contributed by atoms with Gasteiger partial charge in [0.1, 0.15) is 0 Å². The molecule has 0 aromatic heterocycles. The summed E-state index contributed by atoms with van der Waals surface area (Å²) in [5.41, 5.74) is 3.79. The van der Waals surface area contributed by atoms with Crippen molar-refractivity contribution in [2.75, 3.05) is 6.54 Å².